The van der Waals surface area contributed by atoms with Crippen molar-refractivity contribution in [3.63, 3.8) is 0 Å². The van der Waals surface area contributed by atoms with Crippen LogP contribution < -0.4 is 19.1 Å². The molecule has 1 aliphatic rings. The van der Waals surface area contributed by atoms with Gasteiger partial charge in [-0.1, -0.05) is 25.3 Å². The fourth-order valence-corrected chi connectivity index (χ4v) is 5.77. The first-order valence-corrected chi connectivity index (χ1v) is 12.8. The Labute approximate surface area is 197 Å². The lowest BCUT2D eigenvalue weighted by Crippen LogP contribution is -2.42. The van der Waals surface area contributed by atoms with Crippen molar-refractivity contribution in [2.24, 2.45) is 5.92 Å². The molecule has 0 spiro atoms. The average Bonchev–Trinajstić information content (AvgIpc) is 2.80. The maximum absolute atomic E-state index is 13.7. The first-order valence-electron chi connectivity index (χ1n) is 11.3. The highest BCUT2D eigenvalue weighted by molar-refractivity contribution is 7.92. The molecule has 2 aromatic carbocycles. The van der Waals surface area contributed by atoms with Crippen LogP contribution in [-0.4, -0.2) is 41.6 Å². The van der Waals surface area contributed by atoms with E-state index in [-0.39, 0.29) is 17.3 Å². The van der Waals surface area contributed by atoms with Gasteiger partial charge < -0.3 is 14.8 Å². The molecule has 8 heteroatoms. The predicted molar refractivity (Wildman–Crippen MR) is 130 cm³/mol. The number of anilines is 1. The number of nitrogens with one attached hydrogen (secondary N) is 1. The Kier molecular flexibility index (Phi) is 8.24. The van der Waals surface area contributed by atoms with Gasteiger partial charge in [-0.05, 0) is 68.0 Å². The fraction of sp³-hybridized carbons (Fsp3) is 0.480. The Morgan fingerprint density at radius 3 is 2.21 bits per heavy atom. The van der Waals surface area contributed by atoms with Crippen molar-refractivity contribution in [2.45, 2.75) is 50.8 Å². The molecule has 0 unspecified atom stereocenters. The number of carbonyl (C=O) groups is 1. The van der Waals surface area contributed by atoms with Gasteiger partial charge in [-0.2, -0.15) is 0 Å². The predicted octanol–water partition coefficient (Wildman–Crippen LogP) is 4.21. The number of benzene rings is 2. The fourth-order valence-electron chi connectivity index (χ4n) is 4.35. The molecule has 7 nitrogen and oxygen atoms in total. The Morgan fingerprint density at radius 2 is 1.61 bits per heavy atom. The maximum atomic E-state index is 13.7. The second-order valence-corrected chi connectivity index (χ2v) is 10.5. The number of ether oxygens (including phenoxy) is 2. The van der Waals surface area contributed by atoms with Crippen LogP contribution >= 0.6 is 0 Å². The summed E-state index contributed by atoms with van der Waals surface area (Å²) in [6, 6.07) is 9.96. The Balaban J connectivity index is 1.91. The van der Waals surface area contributed by atoms with Crippen molar-refractivity contribution in [1.29, 1.82) is 0 Å². The number of carbonyl (C=O) groups excluding carboxylic acids is 1. The third-order valence-corrected chi connectivity index (χ3v) is 7.81. The zero-order valence-corrected chi connectivity index (χ0v) is 20.7. The molecule has 1 amide bonds. The van der Waals surface area contributed by atoms with Crippen LogP contribution in [0.25, 0.3) is 0 Å². The van der Waals surface area contributed by atoms with Crippen LogP contribution in [-0.2, 0) is 14.8 Å². The minimum absolute atomic E-state index is 0.0272. The summed E-state index contributed by atoms with van der Waals surface area (Å²) in [6.45, 7) is 4.09. The van der Waals surface area contributed by atoms with Crippen LogP contribution in [0.4, 0.5) is 5.69 Å². The van der Waals surface area contributed by atoms with Gasteiger partial charge in [0.05, 0.1) is 24.8 Å². The van der Waals surface area contributed by atoms with Gasteiger partial charge in [0.15, 0.2) is 11.5 Å². The molecule has 33 heavy (non-hydrogen) atoms. The first kappa shape index (κ1) is 24.9. The van der Waals surface area contributed by atoms with E-state index in [1.807, 2.05) is 19.9 Å². The molecule has 1 saturated carbocycles. The van der Waals surface area contributed by atoms with Crippen molar-refractivity contribution in [1.82, 2.24) is 5.32 Å². The van der Waals surface area contributed by atoms with Gasteiger partial charge in [-0.15, -0.1) is 0 Å². The van der Waals surface area contributed by atoms with E-state index in [0.29, 0.717) is 29.6 Å². The monoisotopic (exact) mass is 474 g/mol. The van der Waals surface area contributed by atoms with Gasteiger partial charge in [0.2, 0.25) is 5.91 Å². The van der Waals surface area contributed by atoms with E-state index in [0.717, 1.165) is 24.0 Å². The summed E-state index contributed by atoms with van der Waals surface area (Å²) in [6.07, 6.45) is 5.82. The lowest BCUT2D eigenvalue weighted by molar-refractivity contribution is -0.119. The Hall–Kier alpha value is -2.74. The van der Waals surface area contributed by atoms with E-state index in [1.54, 1.807) is 18.2 Å². The average molecular weight is 475 g/mol. The second-order valence-electron chi connectivity index (χ2n) is 8.68. The first-order chi connectivity index (χ1) is 15.7. The number of amides is 1. The molecule has 0 radical (unpaired) electrons. The lowest BCUT2D eigenvalue weighted by Gasteiger charge is -2.26. The Bertz CT molecular complexity index is 1060. The van der Waals surface area contributed by atoms with E-state index in [9.17, 15) is 13.2 Å². The molecule has 3 rings (SSSR count). The normalized spacial score (nSPS) is 14.5. The van der Waals surface area contributed by atoms with E-state index >= 15 is 0 Å². The van der Waals surface area contributed by atoms with Crippen LogP contribution in [0.2, 0.25) is 0 Å². The van der Waals surface area contributed by atoms with E-state index in [1.165, 1.54) is 49.9 Å². The Morgan fingerprint density at radius 1 is 0.970 bits per heavy atom. The zero-order valence-electron chi connectivity index (χ0n) is 19.9. The van der Waals surface area contributed by atoms with E-state index < -0.39 is 10.0 Å². The van der Waals surface area contributed by atoms with Gasteiger partial charge in [0.25, 0.3) is 10.0 Å². The van der Waals surface area contributed by atoms with Gasteiger partial charge in [-0.3, -0.25) is 9.10 Å². The van der Waals surface area contributed by atoms with Crippen molar-refractivity contribution >= 4 is 21.6 Å². The number of hydrogen-bond acceptors (Lipinski definition) is 5. The van der Waals surface area contributed by atoms with Gasteiger partial charge in [-0.25, -0.2) is 8.42 Å². The molecule has 0 atom stereocenters. The van der Waals surface area contributed by atoms with Crippen LogP contribution in [0.1, 0.15) is 43.2 Å². The number of rotatable bonds is 9. The SMILES string of the molecule is COc1ccc(S(=O)(=O)N(CC(=O)NCC2CCCCC2)c2cc(C)cc(C)c2)cc1OC. The highest BCUT2D eigenvalue weighted by Gasteiger charge is 2.29. The molecule has 180 valence electrons. The van der Waals surface area contributed by atoms with Crippen LogP contribution in [0.15, 0.2) is 41.3 Å². The minimum atomic E-state index is -4.05. The van der Waals surface area contributed by atoms with Crippen LogP contribution in [0.3, 0.4) is 0 Å². The quantitative estimate of drug-likeness (QED) is 0.588. The van der Waals surface area contributed by atoms with Crippen molar-refractivity contribution in [3.8, 4) is 11.5 Å². The standard InChI is InChI=1S/C25H34N2O5S/c1-18-12-19(2)14-21(13-18)27(17-25(28)26-16-20-8-6-5-7-9-20)33(29,30)22-10-11-23(31-3)24(15-22)32-4/h10-15,20H,5-9,16-17H2,1-4H3,(H,26,28). The third kappa shape index (κ3) is 6.19. The molecule has 1 aliphatic carbocycles. The van der Waals surface area contributed by atoms with Gasteiger partial charge >= 0.3 is 0 Å². The summed E-state index contributed by atoms with van der Waals surface area (Å²) >= 11 is 0. The summed E-state index contributed by atoms with van der Waals surface area (Å²) in [4.78, 5) is 12.9. The van der Waals surface area contributed by atoms with E-state index in [4.69, 9.17) is 9.47 Å². The molecule has 1 fully saturated rings. The van der Waals surface area contributed by atoms with Gasteiger partial charge in [0.1, 0.15) is 6.54 Å². The van der Waals surface area contributed by atoms with Gasteiger partial charge in [0, 0.05) is 12.6 Å². The minimum Gasteiger partial charge on any atom is -0.493 e. The maximum Gasteiger partial charge on any atom is 0.264 e. The lowest BCUT2D eigenvalue weighted by atomic mass is 9.89. The number of nitrogens with zero attached hydrogens (tertiary/aromatic N) is 1. The molecule has 0 aromatic heterocycles. The molecule has 0 heterocycles. The number of methoxy groups -OCH3 is 2. The summed E-state index contributed by atoms with van der Waals surface area (Å²) < 4.78 is 39.1. The summed E-state index contributed by atoms with van der Waals surface area (Å²) in [5.41, 5.74) is 2.29. The topological polar surface area (TPSA) is 84.9 Å². The molecule has 2 aromatic rings. The largest absolute Gasteiger partial charge is 0.493 e. The number of hydrogen-bond donors (Lipinski definition) is 1. The summed E-state index contributed by atoms with van der Waals surface area (Å²) in [7, 11) is -1.10. The van der Waals surface area contributed by atoms with Crippen LogP contribution in [0, 0.1) is 19.8 Å². The number of aryl methyl sites for hydroxylation is 2. The molecule has 0 aliphatic heterocycles. The molecule has 0 bridgehead atoms. The van der Waals surface area contributed by atoms with E-state index in [2.05, 4.69) is 5.32 Å². The third-order valence-electron chi connectivity index (χ3n) is 6.04. The zero-order chi connectivity index (χ0) is 24.0. The smallest absolute Gasteiger partial charge is 0.264 e. The highest BCUT2D eigenvalue weighted by Crippen LogP contribution is 2.32. The summed E-state index contributed by atoms with van der Waals surface area (Å²) in [5, 5.41) is 2.96. The van der Waals surface area contributed by atoms with Crippen molar-refractivity contribution in [3.05, 3.63) is 47.5 Å². The summed E-state index contributed by atoms with van der Waals surface area (Å²) in [5.74, 6) is 0.879. The molecule has 1 N–H and O–H groups in total. The molecular formula is C25H34N2O5S. The highest BCUT2D eigenvalue weighted by atomic mass is 32.2. The van der Waals surface area contributed by atoms with Crippen molar-refractivity contribution in [2.75, 3.05) is 31.6 Å². The van der Waals surface area contributed by atoms with Crippen LogP contribution in [0.5, 0.6) is 11.5 Å². The van der Waals surface area contributed by atoms with Crippen molar-refractivity contribution < 1.29 is 22.7 Å². The second kappa shape index (κ2) is 10.9. The number of sulfonamides is 1. The molecule has 0 saturated heterocycles. The molecular weight excluding hydrogens is 440 g/mol.